The molecule has 1 aliphatic rings. The molecule has 0 bridgehead atoms. The second-order valence-electron chi connectivity index (χ2n) is 6.82. The Morgan fingerprint density at radius 2 is 2.00 bits per heavy atom. The van der Waals surface area contributed by atoms with Gasteiger partial charge in [0.15, 0.2) is 5.96 Å². The molecule has 5 nitrogen and oxygen atoms in total. The zero-order valence-electron chi connectivity index (χ0n) is 16.2. The van der Waals surface area contributed by atoms with Crippen molar-refractivity contribution in [1.29, 1.82) is 0 Å². The van der Waals surface area contributed by atoms with Crippen LogP contribution in [-0.4, -0.2) is 50.1 Å². The number of esters is 1. The molecule has 1 fully saturated rings. The van der Waals surface area contributed by atoms with Crippen LogP contribution in [0.4, 0.5) is 0 Å². The number of likely N-dealkylation sites (tertiary alicyclic amines) is 1. The molecule has 1 aliphatic heterocycles. The van der Waals surface area contributed by atoms with Crippen LogP contribution in [0.2, 0.25) is 0 Å². The Balaban J connectivity index is 1.74. The van der Waals surface area contributed by atoms with E-state index in [-0.39, 0.29) is 5.97 Å². The van der Waals surface area contributed by atoms with Crippen LogP contribution in [0.1, 0.15) is 56.9 Å². The number of hydrogen-bond donors (Lipinski definition) is 1. The van der Waals surface area contributed by atoms with Crippen molar-refractivity contribution in [3.8, 4) is 0 Å². The maximum atomic E-state index is 11.1. The van der Waals surface area contributed by atoms with Gasteiger partial charge in [0.25, 0.3) is 0 Å². The van der Waals surface area contributed by atoms with E-state index in [4.69, 9.17) is 4.99 Å². The molecule has 5 heteroatoms. The van der Waals surface area contributed by atoms with Crippen molar-refractivity contribution in [3.63, 3.8) is 0 Å². The van der Waals surface area contributed by atoms with Crippen molar-refractivity contribution in [2.45, 2.75) is 51.4 Å². The Morgan fingerprint density at radius 1 is 1.23 bits per heavy atom. The van der Waals surface area contributed by atoms with E-state index in [0.717, 1.165) is 57.8 Å². The van der Waals surface area contributed by atoms with Crippen LogP contribution < -0.4 is 5.32 Å². The quantitative estimate of drug-likeness (QED) is 0.317. The van der Waals surface area contributed by atoms with Gasteiger partial charge in [-0.3, -0.25) is 9.79 Å². The van der Waals surface area contributed by atoms with Gasteiger partial charge in [-0.05, 0) is 31.7 Å². The van der Waals surface area contributed by atoms with Gasteiger partial charge in [-0.2, -0.15) is 0 Å². The molecule has 1 aromatic carbocycles. The van der Waals surface area contributed by atoms with E-state index < -0.39 is 0 Å². The number of rotatable bonds is 9. The molecule has 0 radical (unpaired) electrons. The number of benzene rings is 1. The molecule has 26 heavy (non-hydrogen) atoms. The van der Waals surface area contributed by atoms with Gasteiger partial charge in [0.05, 0.1) is 7.11 Å². The Hall–Kier alpha value is -2.04. The Bertz CT molecular complexity index is 560. The van der Waals surface area contributed by atoms with Crippen molar-refractivity contribution < 1.29 is 9.53 Å². The first kappa shape index (κ1) is 20.3. The summed E-state index contributed by atoms with van der Waals surface area (Å²) >= 11 is 0. The largest absolute Gasteiger partial charge is 0.469 e. The molecule has 1 unspecified atom stereocenters. The van der Waals surface area contributed by atoms with Crippen molar-refractivity contribution in [3.05, 3.63) is 35.9 Å². The van der Waals surface area contributed by atoms with E-state index in [2.05, 4.69) is 52.2 Å². The minimum atomic E-state index is -0.112. The summed E-state index contributed by atoms with van der Waals surface area (Å²) in [6, 6.07) is 10.8. The van der Waals surface area contributed by atoms with Gasteiger partial charge >= 0.3 is 5.97 Å². The summed E-state index contributed by atoms with van der Waals surface area (Å²) in [5.74, 6) is 1.53. The minimum Gasteiger partial charge on any atom is -0.469 e. The molecule has 0 spiro atoms. The monoisotopic (exact) mass is 359 g/mol. The highest BCUT2D eigenvalue weighted by Crippen LogP contribution is 2.26. The van der Waals surface area contributed by atoms with E-state index in [9.17, 15) is 4.79 Å². The molecule has 2 rings (SSSR count). The Morgan fingerprint density at radius 3 is 2.73 bits per heavy atom. The van der Waals surface area contributed by atoms with Crippen LogP contribution in [0.3, 0.4) is 0 Å². The van der Waals surface area contributed by atoms with E-state index in [1.807, 2.05) is 0 Å². The first-order valence-corrected chi connectivity index (χ1v) is 9.89. The number of nitrogens with one attached hydrogen (secondary N) is 1. The van der Waals surface area contributed by atoms with E-state index >= 15 is 0 Å². The SMILES string of the molecule is CCNC(=NCCCCCCC(=O)OC)N1CCC(c2ccccc2)C1. The fourth-order valence-electron chi connectivity index (χ4n) is 3.40. The maximum absolute atomic E-state index is 11.1. The number of unbranched alkanes of at least 4 members (excludes halogenated alkanes) is 3. The molecule has 1 atom stereocenters. The number of nitrogens with zero attached hydrogens (tertiary/aromatic N) is 2. The second-order valence-corrected chi connectivity index (χ2v) is 6.82. The number of carbonyl (C=O) groups is 1. The lowest BCUT2D eigenvalue weighted by atomic mass is 9.99. The molecule has 0 aromatic heterocycles. The van der Waals surface area contributed by atoms with Crippen molar-refractivity contribution in [2.24, 2.45) is 4.99 Å². The topological polar surface area (TPSA) is 53.9 Å². The highest BCUT2D eigenvalue weighted by Gasteiger charge is 2.25. The summed E-state index contributed by atoms with van der Waals surface area (Å²) in [4.78, 5) is 18.3. The summed E-state index contributed by atoms with van der Waals surface area (Å²) in [6.07, 6.45) is 5.83. The zero-order chi connectivity index (χ0) is 18.6. The lowest BCUT2D eigenvalue weighted by Gasteiger charge is -2.21. The summed E-state index contributed by atoms with van der Waals surface area (Å²) in [5, 5.41) is 3.44. The molecule has 0 saturated carbocycles. The fourth-order valence-corrected chi connectivity index (χ4v) is 3.40. The fraction of sp³-hybridized carbons (Fsp3) is 0.619. The lowest BCUT2D eigenvalue weighted by Crippen LogP contribution is -2.40. The molecule has 1 N–H and O–H groups in total. The van der Waals surface area contributed by atoms with Crippen molar-refractivity contribution in [1.82, 2.24) is 10.2 Å². The van der Waals surface area contributed by atoms with Crippen LogP contribution >= 0.6 is 0 Å². The lowest BCUT2D eigenvalue weighted by molar-refractivity contribution is -0.140. The number of hydrogen-bond acceptors (Lipinski definition) is 3. The molecular weight excluding hydrogens is 326 g/mol. The summed E-state index contributed by atoms with van der Waals surface area (Å²) in [7, 11) is 1.44. The first-order valence-electron chi connectivity index (χ1n) is 9.89. The van der Waals surface area contributed by atoms with Crippen LogP contribution in [0.5, 0.6) is 0 Å². The molecule has 144 valence electrons. The molecule has 0 aliphatic carbocycles. The Labute approximate surface area is 157 Å². The molecular formula is C21H33N3O2. The molecule has 0 amide bonds. The van der Waals surface area contributed by atoms with Crippen LogP contribution in [0, 0.1) is 0 Å². The number of ether oxygens (including phenoxy) is 1. The zero-order valence-corrected chi connectivity index (χ0v) is 16.2. The van der Waals surface area contributed by atoms with Gasteiger partial charge in [0.2, 0.25) is 0 Å². The number of methoxy groups -OCH3 is 1. The van der Waals surface area contributed by atoms with Gasteiger partial charge in [-0.1, -0.05) is 43.2 Å². The maximum Gasteiger partial charge on any atom is 0.305 e. The highest BCUT2D eigenvalue weighted by molar-refractivity contribution is 5.80. The van der Waals surface area contributed by atoms with E-state index in [0.29, 0.717) is 12.3 Å². The van der Waals surface area contributed by atoms with Gasteiger partial charge in [-0.15, -0.1) is 0 Å². The van der Waals surface area contributed by atoms with Gasteiger partial charge in [0, 0.05) is 38.5 Å². The van der Waals surface area contributed by atoms with Crippen molar-refractivity contribution >= 4 is 11.9 Å². The standard InChI is InChI=1S/C21H33N3O2/c1-3-22-21(23-15-10-5-4-9-13-20(25)26-2)24-16-14-19(17-24)18-11-7-6-8-12-18/h6-8,11-12,19H,3-5,9-10,13-17H2,1-2H3,(H,22,23). The number of guanidine groups is 1. The summed E-state index contributed by atoms with van der Waals surface area (Å²) in [5.41, 5.74) is 1.43. The smallest absolute Gasteiger partial charge is 0.305 e. The van der Waals surface area contributed by atoms with Gasteiger partial charge in [-0.25, -0.2) is 0 Å². The summed E-state index contributed by atoms with van der Waals surface area (Å²) in [6.45, 7) is 5.95. The molecule has 1 aromatic rings. The average molecular weight is 360 g/mol. The van der Waals surface area contributed by atoms with Crippen LogP contribution in [0.25, 0.3) is 0 Å². The normalized spacial score (nSPS) is 17.4. The number of carbonyl (C=O) groups excluding carboxylic acids is 1. The van der Waals surface area contributed by atoms with Crippen molar-refractivity contribution in [2.75, 3.05) is 33.3 Å². The number of aliphatic imine (C=N–C) groups is 1. The van der Waals surface area contributed by atoms with Crippen LogP contribution in [-0.2, 0) is 9.53 Å². The predicted octanol–water partition coefficient (Wildman–Crippen LogP) is 3.56. The third kappa shape index (κ3) is 6.70. The van der Waals surface area contributed by atoms with Gasteiger partial charge in [0.1, 0.15) is 0 Å². The minimum absolute atomic E-state index is 0.112. The van der Waals surface area contributed by atoms with E-state index in [1.165, 1.54) is 19.1 Å². The Kier molecular flexibility index (Phi) is 9.01. The highest BCUT2D eigenvalue weighted by atomic mass is 16.5. The third-order valence-electron chi connectivity index (χ3n) is 4.87. The molecule has 1 saturated heterocycles. The van der Waals surface area contributed by atoms with E-state index in [1.54, 1.807) is 0 Å². The first-order chi connectivity index (χ1) is 12.7. The third-order valence-corrected chi connectivity index (χ3v) is 4.87. The summed E-state index contributed by atoms with van der Waals surface area (Å²) < 4.78 is 4.66. The second kappa shape index (κ2) is 11.6. The average Bonchev–Trinajstić information content (AvgIpc) is 3.17. The van der Waals surface area contributed by atoms with Crippen LogP contribution in [0.15, 0.2) is 35.3 Å². The van der Waals surface area contributed by atoms with Gasteiger partial charge < -0.3 is 15.0 Å². The predicted molar refractivity (Wildman–Crippen MR) is 106 cm³/mol. The molecule has 1 heterocycles.